The number of hydrogen-bond donors (Lipinski definition) is 1. The number of aliphatic carboxylic acids is 1. The fourth-order valence-electron chi connectivity index (χ4n) is 2.04. The van der Waals surface area contributed by atoms with Gasteiger partial charge < -0.3 is 14.4 Å². The average molecular weight is 344 g/mol. The van der Waals surface area contributed by atoms with E-state index in [-0.39, 0.29) is 18.9 Å². The highest BCUT2D eigenvalue weighted by atomic mass is 35.5. The van der Waals surface area contributed by atoms with Crippen molar-refractivity contribution in [1.29, 1.82) is 0 Å². The molecule has 8 heteroatoms. The summed E-state index contributed by atoms with van der Waals surface area (Å²) in [5.74, 6) is -1.77. The van der Waals surface area contributed by atoms with E-state index in [4.69, 9.17) is 28.3 Å². The van der Waals surface area contributed by atoms with Crippen molar-refractivity contribution in [2.45, 2.75) is 13.3 Å². The molecule has 22 heavy (non-hydrogen) atoms. The van der Waals surface area contributed by atoms with E-state index in [9.17, 15) is 9.59 Å². The zero-order valence-electron chi connectivity index (χ0n) is 12.1. The van der Waals surface area contributed by atoms with Crippen LogP contribution in [0.4, 0.5) is 0 Å². The van der Waals surface area contributed by atoms with Crippen molar-refractivity contribution in [3.05, 3.63) is 34.2 Å². The molecule has 2 aromatic rings. The quantitative estimate of drug-likeness (QED) is 0.904. The summed E-state index contributed by atoms with van der Waals surface area (Å²) in [7, 11) is 1.57. The number of carboxylic acids is 1. The van der Waals surface area contributed by atoms with Crippen molar-refractivity contribution in [3.63, 3.8) is 0 Å². The van der Waals surface area contributed by atoms with Crippen LogP contribution in [0.5, 0.6) is 0 Å². The number of likely N-dealkylation sites (N-methyl/N-ethyl adjacent to an activating group) is 1. The topological polar surface area (TPSA) is 74.9 Å². The predicted molar refractivity (Wildman–Crippen MR) is 83.4 cm³/mol. The van der Waals surface area contributed by atoms with Crippen LogP contribution in [-0.2, 0) is 16.0 Å². The molecule has 1 N–H and O–H groups in total. The molecule has 6 nitrogen and oxygen atoms in total. The second-order valence-corrected chi connectivity index (χ2v) is 6.00. The Morgan fingerprint density at radius 3 is 2.73 bits per heavy atom. The van der Waals surface area contributed by atoms with Gasteiger partial charge in [0.05, 0.1) is 28.1 Å². The van der Waals surface area contributed by atoms with Crippen molar-refractivity contribution in [3.8, 4) is 0 Å². The summed E-state index contributed by atoms with van der Waals surface area (Å²) in [6.45, 7) is 1.70. The van der Waals surface area contributed by atoms with Crippen LogP contribution < -0.4 is 0 Å². The number of carbonyl (C=O) groups is 2. The van der Waals surface area contributed by atoms with Crippen LogP contribution in [-0.4, -0.2) is 44.9 Å². The minimum atomic E-state index is -0.936. The molecule has 0 spiro atoms. The van der Waals surface area contributed by atoms with Crippen LogP contribution in [0, 0.1) is 5.92 Å². The Balaban J connectivity index is 2.12. The van der Waals surface area contributed by atoms with Gasteiger partial charge in [0.25, 0.3) is 0 Å². The number of nitrogens with zero attached hydrogens (tertiary/aromatic N) is 3. The molecular formula is C14H15Cl2N3O3. The molecule has 0 aliphatic carbocycles. The molecule has 0 saturated carbocycles. The van der Waals surface area contributed by atoms with E-state index in [0.717, 1.165) is 0 Å². The molecule has 2 aromatic heterocycles. The van der Waals surface area contributed by atoms with Gasteiger partial charge in [-0.3, -0.25) is 9.59 Å². The molecular weight excluding hydrogens is 329 g/mol. The maximum atomic E-state index is 12.1. The Hall–Kier alpha value is -1.79. The summed E-state index contributed by atoms with van der Waals surface area (Å²) in [6.07, 6.45) is 3.40. The highest BCUT2D eigenvalue weighted by Gasteiger charge is 2.18. The molecule has 2 heterocycles. The number of fused-ring (bicyclic) bond motifs is 1. The van der Waals surface area contributed by atoms with Gasteiger partial charge in [-0.25, -0.2) is 4.98 Å². The number of pyridine rings is 1. The summed E-state index contributed by atoms with van der Waals surface area (Å²) in [6, 6.07) is 1.58. The molecule has 0 radical (unpaired) electrons. The fourth-order valence-corrected chi connectivity index (χ4v) is 2.57. The van der Waals surface area contributed by atoms with Gasteiger partial charge in [-0.05, 0) is 6.07 Å². The molecule has 1 unspecified atom stereocenters. The van der Waals surface area contributed by atoms with Gasteiger partial charge >= 0.3 is 5.97 Å². The first-order valence-electron chi connectivity index (χ1n) is 6.57. The zero-order valence-corrected chi connectivity index (χ0v) is 13.6. The van der Waals surface area contributed by atoms with Gasteiger partial charge in [0.1, 0.15) is 0 Å². The molecule has 0 fully saturated rings. The number of hydrogen-bond acceptors (Lipinski definition) is 3. The molecule has 118 valence electrons. The lowest BCUT2D eigenvalue weighted by molar-refractivity contribution is -0.142. The zero-order chi connectivity index (χ0) is 16.4. The lowest BCUT2D eigenvalue weighted by Crippen LogP contribution is -2.34. The van der Waals surface area contributed by atoms with Crippen LogP contribution in [0.2, 0.25) is 10.0 Å². The lowest BCUT2D eigenvalue weighted by Gasteiger charge is -2.18. The minimum absolute atomic E-state index is 0.0679. The van der Waals surface area contributed by atoms with Crippen molar-refractivity contribution in [1.82, 2.24) is 14.3 Å². The van der Waals surface area contributed by atoms with E-state index in [2.05, 4.69) is 4.98 Å². The van der Waals surface area contributed by atoms with Crippen LogP contribution in [0.15, 0.2) is 18.5 Å². The van der Waals surface area contributed by atoms with Crippen molar-refractivity contribution in [2.75, 3.05) is 13.6 Å². The first-order chi connectivity index (χ1) is 10.3. The summed E-state index contributed by atoms with van der Waals surface area (Å²) in [5, 5.41) is 9.75. The van der Waals surface area contributed by atoms with Gasteiger partial charge in [0.2, 0.25) is 5.91 Å². The van der Waals surface area contributed by atoms with Gasteiger partial charge in [0, 0.05) is 26.0 Å². The number of halogens is 2. The normalized spacial score (nSPS) is 12.4. The SMILES string of the molecule is CC(CN(C)C(=O)Cc1cn2cc(Cl)cc(Cl)c2n1)C(=O)O. The van der Waals surface area contributed by atoms with Crippen molar-refractivity contribution < 1.29 is 14.7 Å². The van der Waals surface area contributed by atoms with Crippen LogP contribution in [0.25, 0.3) is 5.65 Å². The van der Waals surface area contributed by atoms with E-state index in [1.807, 2.05) is 0 Å². The van der Waals surface area contributed by atoms with E-state index in [0.29, 0.717) is 21.4 Å². The summed E-state index contributed by atoms with van der Waals surface area (Å²) >= 11 is 12.0. The average Bonchev–Trinajstić information content (AvgIpc) is 2.80. The highest BCUT2D eigenvalue weighted by molar-refractivity contribution is 6.36. The molecule has 1 amide bonds. The fraction of sp³-hybridized carbons (Fsp3) is 0.357. The summed E-state index contributed by atoms with van der Waals surface area (Å²) in [5.41, 5.74) is 1.07. The maximum absolute atomic E-state index is 12.1. The van der Waals surface area contributed by atoms with Crippen LogP contribution in [0.3, 0.4) is 0 Å². The largest absolute Gasteiger partial charge is 0.481 e. The number of aromatic nitrogens is 2. The van der Waals surface area contributed by atoms with E-state index in [1.54, 1.807) is 36.8 Å². The number of imidazole rings is 1. The van der Waals surface area contributed by atoms with Crippen LogP contribution in [0.1, 0.15) is 12.6 Å². The maximum Gasteiger partial charge on any atom is 0.308 e. The Bertz CT molecular complexity index is 729. The molecule has 2 rings (SSSR count). The predicted octanol–water partition coefficient (Wildman–Crippen LogP) is 2.36. The second kappa shape index (κ2) is 6.54. The minimum Gasteiger partial charge on any atom is -0.481 e. The summed E-state index contributed by atoms with van der Waals surface area (Å²) < 4.78 is 1.66. The van der Waals surface area contributed by atoms with Gasteiger partial charge in [-0.1, -0.05) is 30.1 Å². The molecule has 0 bridgehead atoms. The smallest absolute Gasteiger partial charge is 0.308 e. The number of carboxylic acid groups (broad SMARTS) is 1. The second-order valence-electron chi connectivity index (χ2n) is 5.16. The van der Waals surface area contributed by atoms with Gasteiger partial charge in [-0.2, -0.15) is 0 Å². The van der Waals surface area contributed by atoms with Gasteiger partial charge in [-0.15, -0.1) is 0 Å². The molecule has 0 aromatic carbocycles. The standard InChI is InChI=1S/C14H15Cl2N3O3/c1-8(14(21)22)5-18(2)12(20)4-10-7-19-6-9(15)3-11(16)13(19)17-10/h3,6-8H,4-5H2,1-2H3,(H,21,22). The number of rotatable bonds is 5. The number of amides is 1. The molecule has 0 aliphatic heterocycles. The van der Waals surface area contributed by atoms with Gasteiger partial charge in [0.15, 0.2) is 5.65 Å². The van der Waals surface area contributed by atoms with E-state index < -0.39 is 11.9 Å². The number of carbonyl (C=O) groups excluding carboxylic acids is 1. The van der Waals surface area contributed by atoms with E-state index in [1.165, 1.54) is 4.90 Å². The third kappa shape index (κ3) is 3.69. The third-order valence-corrected chi connectivity index (χ3v) is 3.74. The van der Waals surface area contributed by atoms with Crippen molar-refractivity contribution in [2.24, 2.45) is 5.92 Å². The van der Waals surface area contributed by atoms with Crippen molar-refractivity contribution >= 4 is 40.7 Å². The van der Waals surface area contributed by atoms with Crippen LogP contribution >= 0.6 is 23.2 Å². The third-order valence-electron chi connectivity index (χ3n) is 3.25. The Kier molecular flexibility index (Phi) is 4.93. The molecule has 1 atom stereocenters. The molecule has 0 saturated heterocycles. The first kappa shape index (κ1) is 16.6. The molecule has 0 aliphatic rings. The lowest BCUT2D eigenvalue weighted by atomic mass is 10.1. The highest BCUT2D eigenvalue weighted by Crippen LogP contribution is 2.22. The Morgan fingerprint density at radius 2 is 2.09 bits per heavy atom. The Labute approximate surface area is 137 Å². The monoisotopic (exact) mass is 343 g/mol. The Morgan fingerprint density at radius 1 is 1.41 bits per heavy atom. The summed E-state index contributed by atoms with van der Waals surface area (Å²) in [4.78, 5) is 28.6. The first-order valence-corrected chi connectivity index (χ1v) is 7.33. The van der Waals surface area contributed by atoms with E-state index >= 15 is 0 Å².